The largest absolute Gasteiger partial charge is 0.315 e. The molecule has 29 heavy (non-hydrogen) atoms. The lowest BCUT2D eigenvalue weighted by Crippen LogP contribution is -2.62. The van der Waals surface area contributed by atoms with Crippen molar-refractivity contribution in [2.24, 2.45) is 0 Å². The number of amides is 3. The van der Waals surface area contributed by atoms with E-state index in [0.29, 0.717) is 42.9 Å². The molecule has 1 aromatic carbocycles. The molecular weight excluding hydrogens is 368 g/mol. The Morgan fingerprint density at radius 1 is 1.17 bits per heavy atom. The highest BCUT2D eigenvalue weighted by Crippen LogP contribution is 2.43. The van der Waals surface area contributed by atoms with Gasteiger partial charge in [-0.3, -0.25) is 19.3 Å². The summed E-state index contributed by atoms with van der Waals surface area (Å²) in [6.07, 6.45) is 1.77. The van der Waals surface area contributed by atoms with Gasteiger partial charge in [-0.15, -0.1) is 0 Å². The van der Waals surface area contributed by atoms with Gasteiger partial charge in [0.05, 0.1) is 11.3 Å². The maximum Gasteiger partial charge on any atom is 0.257 e. The molecule has 1 aromatic heterocycles. The van der Waals surface area contributed by atoms with Crippen LogP contribution >= 0.6 is 0 Å². The zero-order chi connectivity index (χ0) is 20.6. The number of carbonyl (C=O) groups excluding carboxylic acids is 3. The first-order valence-corrected chi connectivity index (χ1v) is 9.88. The summed E-state index contributed by atoms with van der Waals surface area (Å²) in [5.74, 6) is 0.325. The van der Waals surface area contributed by atoms with Gasteiger partial charge in [-0.25, -0.2) is 4.98 Å². The average molecular weight is 392 g/mol. The summed E-state index contributed by atoms with van der Waals surface area (Å²) in [7, 11) is 0. The van der Waals surface area contributed by atoms with Gasteiger partial charge in [-0.05, 0) is 51.0 Å². The molecule has 1 N–H and O–H groups in total. The zero-order valence-corrected chi connectivity index (χ0v) is 16.6. The SMILES string of the molecule is Cc1cccc(NC(=O)CCCN2C(=O)c3ccccc3N3C(=O)CC[C@]23C)n1. The molecule has 3 heterocycles. The number of fused-ring (bicyclic) bond motifs is 3. The van der Waals surface area contributed by atoms with Gasteiger partial charge in [0.1, 0.15) is 11.5 Å². The summed E-state index contributed by atoms with van der Waals surface area (Å²) >= 11 is 0. The van der Waals surface area contributed by atoms with E-state index in [-0.39, 0.29) is 24.1 Å². The minimum absolute atomic E-state index is 0.0284. The quantitative estimate of drug-likeness (QED) is 0.848. The summed E-state index contributed by atoms with van der Waals surface area (Å²) in [4.78, 5) is 45.8. The fraction of sp³-hybridized carbons (Fsp3) is 0.364. The Hall–Kier alpha value is -3.22. The molecule has 4 rings (SSSR count). The molecule has 2 aromatic rings. The highest BCUT2D eigenvalue weighted by molar-refractivity contribution is 6.10. The Labute approximate surface area is 169 Å². The molecule has 2 aliphatic heterocycles. The molecular formula is C22H24N4O3. The molecule has 0 saturated carbocycles. The van der Waals surface area contributed by atoms with Crippen LogP contribution in [0.25, 0.3) is 0 Å². The molecule has 0 aliphatic carbocycles. The van der Waals surface area contributed by atoms with Gasteiger partial charge in [-0.1, -0.05) is 18.2 Å². The van der Waals surface area contributed by atoms with Crippen molar-refractivity contribution < 1.29 is 14.4 Å². The average Bonchev–Trinajstić information content (AvgIpc) is 3.00. The molecule has 7 nitrogen and oxygen atoms in total. The number of nitrogens with zero attached hydrogens (tertiary/aromatic N) is 3. The smallest absolute Gasteiger partial charge is 0.257 e. The van der Waals surface area contributed by atoms with Crippen LogP contribution in [0.5, 0.6) is 0 Å². The summed E-state index contributed by atoms with van der Waals surface area (Å²) in [5, 5.41) is 2.79. The Balaban J connectivity index is 1.46. The van der Waals surface area contributed by atoms with Crippen LogP contribution in [0.2, 0.25) is 0 Å². The fourth-order valence-electron chi connectivity index (χ4n) is 4.26. The van der Waals surface area contributed by atoms with Crippen molar-refractivity contribution in [3.63, 3.8) is 0 Å². The highest BCUT2D eigenvalue weighted by atomic mass is 16.2. The molecule has 1 fully saturated rings. The molecule has 0 bridgehead atoms. The van der Waals surface area contributed by atoms with E-state index in [9.17, 15) is 14.4 Å². The van der Waals surface area contributed by atoms with Crippen molar-refractivity contribution in [1.29, 1.82) is 0 Å². The third-order valence-electron chi connectivity index (χ3n) is 5.69. The van der Waals surface area contributed by atoms with Gasteiger partial charge < -0.3 is 10.2 Å². The van der Waals surface area contributed by atoms with Crippen LogP contribution in [-0.4, -0.2) is 39.8 Å². The lowest BCUT2D eigenvalue weighted by molar-refractivity contribution is -0.118. The molecule has 3 amide bonds. The first-order valence-electron chi connectivity index (χ1n) is 9.88. The van der Waals surface area contributed by atoms with Gasteiger partial charge in [-0.2, -0.15) is 0 Å². The van der Waals surface area contributed by atoms with Crippen molar-refractivity contribution in [3.05, 3.63) is 53.7 Å². The third kappa shape index (κ3) is 3.37. The summed E-state index contributed by atoms with van der Waals surface area (Å²) < 4.78 is 0. The lowest BCUT2D eigenvalue weighted by Gasteiger charge is -2.48. The van der Waals surface area contributed by atoms with E-state index in [1.807, 2.05) is 38.1 Å². The number of carbonyl (C=O) groups is 3. The molecule has 150 valence electrons. The first kappa shape index (κ1) is 19.1. The Morgan fingerprint density at radius 3 is 2.76 bits per heavy atom. The van der Waals surface area contributed by atoms with E-state index >= 15 is 0 Å². The van der Waals surface area contributed by atoms with E-state index in [1.165, 1.54) is 0 Å². The lowest BCUT2D eigenvalue weighted by atomic mass is 9.98. The number of para-hydroxylation sites is 1. The number of hydrogen-bond acceptors (Lipinski definition) is 4. The van der Waals surface area contributed by atoms with Crippen LogP contribution < -0.4 is 10.2 Å². The van der Waals surface area contributed by atoms with E-state index in [4.69, 9.17) is 0 Å². The predicted octanol–water partition coefficient (Wildman–Crippen LogP) is 3.11. The van der Waals surface area contributed by atoms with Gasteiger partial charge in [0, 0.05) is 25.1 Å². The molecule has 1 atom stereocenters. The van der Waals surface area contributed by atoms with Gasteiger partial charge in [0.25, 0.3) is 5.91 Å². The van der Waals surface area contributed by atoms with Crippen LogP contribution in [0.15, 0.2) is 42.5 Å². The minimum Gasteiger partial charge on any atom is -0.315 e. The van der Waals surface area contributed by atoms with E-state index < -0.39 is 5.66 Å². The van der Waals surface area contributed by atoms with Crippen molar-refractivity contribution in [1.82, 2.24) is 9.88 Å². The number of nitrogens with one attached hydrogen (secondary N) is 1. The number of anilines is 2. The van der Waals surface area contributed by atoms with Crippen LogP contribution in [0, 0.1) is 6.92 Å². The Bertz CT molecular complexity index is 990. The van der Waals surface area contributed by atoms with Crippen LogP contribution in [0.4, 0.5) is 11.5 Å². The molecule has 1 saturated heterocycles. The maximum atomic E-state index is 13.2. The molecule has 7 heteroatoms. The second-order valence-electron chi connectivity index (χ2n) is 7.74. The van der Waals surface area contributed by atoms with E-state index in [1.54, 1.807) is 28.0 Å². The number of aryl methyl sites for hydroxylation is 1. The van der Waals surface area contributed by atoms with E-state index in [0.717, 1.165) is 5.69 Å². The topological polar surface area (TPSA) is 82.6 Å². The zero-order valence-electron chi connectivity index (χ0n) is 16.6. The van der Waals surface area contributed by atoms with Crippen molar-refractivity contribution >= 4 is 29.2 Å². The summed E-state index contributed by atoms with van der Waals surface area (Å²) in [6, 6.07) is 12.7. The van der Waals surface area contributed by atoms with Gasteiger partial charge >= 0.3 is 0 Å². The van der Waals surface area contributed by atoms with Crippen LogP contribution in [-0.2, 0) is 9.59 Å². The molecule has 2 aliphatic rings. The summed E-state index contributed by atoms with van der Waals surface area (Å²) in [5.41, 5.74) is 1.37. The number of pyridine rings is 1. The maximum absolute atomic E-state index is 13.2. The first-order chi connectivity index (χ1) is 13.9. The van der Waals surface area contributed by atoms with Crippen molar-refractivity contribution in [2.75, 3.05) is 16.8 Å². The number of hydrogen-bond donors (Lipinski definition) is 1. The standard InChI is InChI=1S/C22H24N4O3/c1-15-7-5-10-18(23-15)24-19(27)11-6-14-25-21(29)16-8-3-4-9-17(16)26-20(28)12-13-22(25,26)2/h3-5,7-10H,6,11-14H2,1-2H3,(H,23,24,27)/t22-/m1/s1. The summed E-state index contributed by atoms with van der Waals surface area (Å²) in [6.45, 7) is 4.20. The van der Waals surface area contributed by atoms with Gasteiger partial charge in [0.15, 0.2) is 0 Å². The van der Waals surface area contributed by atoms with E-state index in [2.05, 4.69) is 10.3 Å². The monoisotopic (exact) mass is 392 g/mol. The van der Waals surface area contributed by atoms with Crippen LogP contribution in [0.3, 0.4) is 0 Å². The number of benzene rings is 1. The number of rotatable bonds is 5. The number of aromatic nitrogens is 1. The highest BCUT2D eigenvalue weighted by Gasteiger charge is 2.52. The molecule has 0 radical (unpaired) electrons. The second kappa shape index (κ2) is 7.31. The van der Waals surface area contributed by atoms with Gasteiger partial charge in [0.2, 0.25) is 11.8 Å². The predicted molar refractivity (Wildman–Crippen MR) is 109 cm³/mol. The third-order valence-corrected chi connectivity index (χ3v) is 5.69. The van der Waals surface area contributed by atoms with Crippen molar-refractivity contribution in [2.45, 2.75) is 45.2 Å². The second-order valence-corrected chi connectivity index (χ2v) is 7.74. The fourth-order valence-corrected chi connectivity index (χ4v) is 4.26. The Morgan fingerprint density at radius 2 is 1.97 bits per heavy atom. The minimum atomic E-state index is -0.683. The van der Waals surface area contributed by atoms with Crippen LogP contribution in [0.1, 0.15) is 48.7 Å². The molecule has 0 spiro atoms. The Kier molecular flexibility index (Phi) is 4.82. The normalized spacial score (nSPS) is 20.5. The molecule has 0 unspecified atom stereocenters. The van der Waals surface area contributed by atoms with Crippen molar-refractivity contribution in [3.8, 4) is 0 Å².